The molecule has 1 unspecified atom stereocenters. The minimum absolute atomic E-state index is 0.127. The van der Waals surface area contributed by atoms with Gasteiger partial charge in [0.2, 0.25) is 5.91 Å². The van der Waals surface area contributed by atoms with Crippen molar-refractivity contribution in [3.63, 3.8) is 0 Å². The van der Waals surface area contributed by atoms with Crippen molar-refractivity contribution in [2.45, 2.75) is 31.5 Å². The lowest BCUT2D eigenvalue weighted by Crippen LogP contribution is -2.36. The van der Waals surface area contributed by atoms with Crippen LogP contribution in [0.25, 0.3) is 0 Å². The zero-order chi connectivity index (χ0) is 9.47. The Hall–Kier alpha value is -0.220. The van der Waals surface area contributed by atoms with Crippen LogP contribution in [0.4, 0.5) is 0 Å². The summed E-state index contributed by atoms with van der Waals surface area (Å²) in [5.41, 5.74) is -0.127. The molecule has 2 aliphatic rings. The number of carbonyl (C=O) groups is 1. The van der Waals surface area contributed by atoms with Gasteiger partial charge >= 0.3 is 0 Å². The molecule has 0 aromatic carbocycles. The highest BCUT2D eigenvalue weighted by Crippen LogP contribution is 2.41. The Morgan fingerprint density at radius 1 is 1.69 bits per heavy atom. The minimum atomic E-state index is -0.127. The fraction of sp³-hybridized carbons (Fsp3) is 0.889. The smallest absolute Gasteiger partial charge is 0.244 e. The molecule has 4 heteroatoms. The van der Waals surface area contributed by atoms with Gasteiger partial charge in [-0.3, -0.25) is 10.1 Å². The van der Waals surface area contributed by atoms with Crippen LogP contribution in [0.15, 0.2) is 0 Å². The van der Waals surface area contributed by atoms with E-state index in [2.05, 4.69) is 18.5 Å². The monoisotopic (exact) mass is 200 g/mol. The van der Waals surface area contributed by atoms with Gasteiger partial charge in [-0.05, 0) is 26.0 Å². The molecule has 1 atom stereocenters. The summed E-state index contributed by atoms with van der Waals surface area (Å²) in [5.74, 6) is 1.36. The van der Waals surface area contributed by atoms with E-state index in [0.29, 0.717) is 5.91 Å². The summed E-state index contributed by atoms with van der Waals surface area (Å²) in [6, 6.07) is 0. The van der Waals surface area contributed by atoms with Gasteiger partial charge in [0.15, 0.2) is 0 Å². The molecule has 1 spiro atoms. The van der Waals surface area contributed by atoms with Crippen LogP contribution < -0.4 is 5.32 Å². The molecule has 1 N–H and O–H groups in total. The van der Waals surface area contributed by atoms with Crippen LogP contribution in [-0.4, -0.2) is 41.1 Å². The first-order valence-corrected chi connectivity index (χ1v) is 6.17. The van der Waals surface area contributed by atoms with Crippen molar-refractivity contribution >= 4 is 17.7 Å². The SMILES string of the molecule is CSCCN1C(=O)C2(CC2)NC1C. The average Bonchev–Trinajstić information content (AvgIpc) is 2.81. The fourth-order valence-electron chi connectivity index (χ4n) is 1.96. The van der Waals surface area contributed by atoms with Gasteiger partial charge in [0, 0.05) is 12.3 Å². The third kappa shape index (κ3) is 1.46. The number of nitrogens with one attached hydrogen (secondary N) is 1. The number of carbonyl (C=O) groups excluding carboxylic acids is 1. The van der Waals surface area contributed by atoms with Crippen molar-refractivity contribution in [2.24, 2.45) is 0 Å². The molecule has 1 heterocycles. The Balaban J connectivity index is 1.98. The molecule has 1 aliphatic heterocycles. The maximum atomic E-state index is 11.9. The van der Waals surface area contributed by atoms with Crippen LogP contribution in [0, 0.1) is 0 Å². The van der Waals surface area contributed by atoms with Crippen LogP contribution in [-0.2, 0) is 4.79 Å². The van der Waals surface area contributed by atoms with Crippen molar-refractivity contribution in [2.75, 3.05) is 18.6 Å². The molecule has 2 rings (SSSR count). The van der Waals surface area contributed by atoms with E-state index >= 15 is 0 Å². The Kier molecular flexibility index (Phi) is 2.28. The molecule has 0 bridgehead atoms. The maximum Gasteiger partial charge on any atom is 0.244 e. The summed E-state index contributed by atoms with van der Waals surface area (Å²) in [6.07, 6.45) is 4.38. The lowest BCUT2D eigenvalue weighted by Gasteiger charge is -2.19. The summed E-state index contributed by atoms with van der Waals surface area (Å²) in [5, 5.41) is 3.38. The summed E-state index contributed by atoms with van der Waals surface area (Å²) < 4.78 is 0. The van der Waals surface area contributed by atoms with Gasteiger partial charge in [0.1, 0.15) is 0 Å². The van der Waals surface area contributed by atoms with Crippen LogP contribution in [0.5, 0.6) is 0 Å². The zero-order valence-corrected chi connectivity index (χ0v) is 8.99. The Morgan fingerprint density at radius 2 is 2.38 bits per heavy atom. The lowest BCUT2D eigenvalue weighted by atomic mass is 10.3. The Bertz CT molecular complexity index is 228. The summed E-state index contributed by atoms with van der Waals surface area (Å²) in [7, 11) is 0. The topological polar surface area (TPSA) is 32.3 Å². The first-order valence-electron chi connectivity index (χ1n) is 4.77. The van der Waals surface area contributed by atoms with Gasteiger partial charge in [-0.2, -0.15) is 11.8 Å². The van der Waals surface area contributed by atoms with Crippen molar-refractivity contribution < 1.29 is 4.79 Å². The standard InChI is InChI=1S/C9H16N2OS/c1-7-10-9(3-4-9)8(12)11(7)5-6-13-2/h7,10H,3-6H2,1-2H3. The maximum absolute atomic E-state index is 11.9. The highest BCUT2D eigenvalue weighted by molar-refractivity contribution is 7.98. The van der Waals surface area contributed by atoms with Crippen LogP contribution in [0.3, 0.4) is 0 Å². The number of thioether (sulfide) groups is 1. The minimum Gasteiger partial charge on any atom is -0.325 e. The highest BCUT2D eigenvalue weighted by Gasteiger charge is 2.57. The van der Waals surface area contributed by atoms with Crippen LogP contribution in [0.1, 0.15) is 19.8 Å². The molecule has 1 saturated heterocycles. The zero-order valence-electron chi connectivity index (χ0n) is 8.17. The molecule has 1 aliphatic carbocycles. The Morgan fingerprint density at radius 3 is 2.85 bits per heavy atom. The van der Waals surface area contributed by atoms with E-state index in [1.54, 1.807) is 11.8 Å². The number of hydrogen-bond acceptors (Lipinski definition) is 3. The van der Waals surface area contributed by atoms with Gasteiger partial charge in [0.25, 0.3) is 0 Å². The normalized spacial score (nSPS) is 30.2. The van der Waals surface area contributed by atoms with Gasteiger partial charge in [-0.1, -0.05) is 0 Å². The molecule has 13 heavy (non-hydrogen) atoms. The molecule has 2 fully saturated rings. The number of amides is 1. The molecule has 1 saturated carbocycles. The van der Waals surface area contributed by atoms with Gasteiger partial charge in [-0.15, -0.1) is 0 Å². The fourth-order valence-corrected chi connectivity index (χ4v) is 2.34. The summed E-state index contributed by atoms with van der Waals surface area (Å²) in [4.78, 5) is 13.8. The molecule has 0 aromatic heterocycles. The van der Waals surface area contributed by atoms with Crippen molar-refractivity contribution in [3.8, 4) is 0 Å². The molecule has 0 radical (unpaired) electrons. The van der Waals surface area contributed by atoms with E-state index in [9.17, 15) is 4.79 Å². The number of nitrogens with zero attached hydrogens (tertiary/aromatic N) is 1. The van der Waals surface area contributed by atoms with Gasteiger partial charge in [-0.25, -0.2) is 0 Å². The van der Waals surface area contributed by atoms with E-state index in [4.69, 9.17) is 0 Å². The molecule has 74 valence electrons. The van der Waals surface area contributed by atoms with Crippen molar-refractivity contribution in [1.82, 2.24) is 10.2 Å². The molecule has 0 aromatic rings. The quantitative estimate of drug-likeness (QED) is 0.726. The summed E-state index contributed by atoms with van der Waals surface area (Å²) >= 11 is 1.79. The molecular formula is C9H16N2OS. The molecule has 3 nitrogen and oxygen atoms in total. The van der Waals surface area contributed by atoms with Crippen molar-refractivity contribution in [1.29, 1.82) is 0 Å². The molecular weight excluding hydrogens is 184 g/mol. The van der Waals surface area contributed by atoms with E-state index in [1.165, 1.54) is 0 Å². The second-order valence-corrected chi connectivity index (χ2v) is 4.88. The van der Waals surface area contributed by atoms with Gasteiger partial charge in [0.05, 0.1) is 11.7 Å². The highest BCUT2D eigenvalue weighted by atomic mass is 32.2. The average molecular weight is 200 g/mol. The predicted molar refractivity (Wildman–Crippen MR) is 54.7 cm³/mol. The Labute approximate surface area is 83.2 Å². The van der Waals surface area contributed by atoms with E-state index < -0.39 is 0 Å². The van der Waals surface area contributed by atoms with E-state index in [1.807, 2.05) is 4.90 Å². The third-order valence-corrected chi connectivity index (χ3v) is 3.50. The number of hydrogen-bond donors (Lipinski definition) is 1. The molecule has 1 amide bonds. The first kappa shape index (κ1) is 9.34. The second-order valence-electron chi connectivity index (χ2n) is 3.89. The number of rotatable bonds is 3. The van der Waals surface area contributed by atoms with E-state index in [0.717, 1.165) is 25.1 Å². The second kappa shape index (κ2) is 3.17. The largest absolute Gasteiger partial charge is 0.325 e. The predicted octanol–water partition coefficient (Wildman–Crippen LogP) is 0.660. The van der Waals surface area contributed by atoms with Gasteiger partial charge < -0.3 is 4.90 Å². The van der Waals surface area contributed by atoms with Crippen LogP contribution in [0.2, 0.25) is 0 Å². The van der Waals surface area contributed by atoms with E-state index in [-0.39, 0.29) is 11.7 Å². The lowest BCUT2D eigenvalue weighted by molar-refractivity contribution is -0.130. The van der Waals surface area contributed by atoms with Crippen LogP contribution >= 0.6 is 11.8 Å². The summed E-state index contributed by atoms with van der Waals surface area (Å²) in [6.45, 7) is 2.96. The third-order valence-electron chi connectivity index (χ3n) is 2.91. The first-order chi connectivity index (χ1) is 6.19. The van der Waals surface area contributed by atoms with Crippen molar-refractivity contribution in [3.05, 3.63) is 0 Å².